The van der Waals surface area contributed by atoms with Crippen LogP contribution in [0.5, 0.6) is 0 Å². The Morgan fingerprint density at radius 1 is 1.39 bits per heavy atom. The molecule has 2 heterocycles. The van der Waals surface area contributed by atoms with Gasteiger partial charge in [-0.2, -0.15) is 5.10 Å². The first kappa shape index (κ1) is 16.3. The number of nitrogens with zero attached hydrogens (tertiary/aromatic N) is 4. The Morgan fingerprint density at radius 2 is 2.13 bits per heavy atom. The van der Waals surface area contributed by atoms with Crippen LogP contribution in [0, 0.1) is 12.8 Å². The highest BCUT2D eigenvalue weighted by molar-refractivity contribution is 5.80. The van der Waals surface area contributed by atoms with Crippen molar-refractivity contribution in [2.45, 2.75) is 44.7 Å². The molecule has 6 nitrogen and oxygen atoms in total. The van der Waals surface area contributed by atoms with E-state index in [4.69, 9.17) is 0 Å². The van der Waals surface area contributed by atoms with E-state index in [1.54, 1.807) is 0 Å². The molecule has 23 heavy (non-hydrogen) atoms. The quantitative estimate of drug-likeness (QED) is 0.905. The number of hydrogen-bond acceptors (Lipinski definition) is 4. The van der Waals surface area contributed by atoms with E-state index >= 15 is 0 Å². The number of anilines is 1. The molecule has 2 aliphatic rings. The maximum atomic E-state index is 12.4. The summed E-state index contributed by atoms with van der Waals surface area (Å²) in [6.07, 6.45) is 4.18. The van der Waals surface area contributed by atoms with Crippen LogP contribution in [0.2, 0.25) is 0 Å². The zero-order valence-corrected chi connectivity index (χ0v) is 14.7. The molecule has 1 saturated carbocycles. The molecule has 1 amide bonds. The molecule has 3 rings (SSSR count). The molecule has 1 N–H and O–H groups in total. The first-order valence-corrected chi connectivity index (χ1v) is 8.66. The lowest BCUT2D eigenvalue weighted by Crippen LogP contribution is -2.53. The van der Waals surface area contributed by atoms with E-state index < -0.39 is 0 Å². The molecule has 0 bridgehead atoms. The fraction of sp³-hybridized carbons (Fsp3) is 0.765. The van der Waals surface area contributed by atoms with Crippen molar-refractivity contribution >= 4 is 11.7 Å². The lowest BCUT2D eigenvalue weighted by molar-refractivity contribution is -0.130. The maximum Gasteiger partial charge on any atom is 0.223 e. The summed E-state index contributed by atoms with van der Waals surface area (Å²) in [5, 5.41) is 7.71. The van der Waals surface area contributed by atoms with E-state index in [0.717, 1.165) is 50.3 Å². The topological polar surface area (TPSA) is 53.4 Å². The molecule has 0 spiro atoms. The summed E-state index contributed by atoms with van der Waals surface area (Å²) < 4.78 is 1.94. The normalized spacial score (nSPS) is 27.9. The minimum atomic E-state index is 0.205. The first-order valence-electron chi connectivity index (χ1n) is 8.66. The fourth-order valence-corrected chi connectivity index (χ4v) is 3.74. The van der Waals surface area contributed by atoms with E-state index in [-0.39, 0.29) is 17.9 Å². The van der Waals surface area contributed by atoms with Gasteiger partial charge in [0.05, 0.1) is 5.69 Å². The Labute approximate surface area is 138 Å². The molecule has 1 aromatic heterocycles. The van der Waals surface area contributed by atoms with Crippen LogP contribution in [0.15, 0.2) is 6.07 Å². The van der Waals surface area contributed by atoms with Crippen molar-refractivity contribution in [1.29, 1.82) is 0 Å². The van der Waals surface area contributed by atoms with Gasteiger partial charge >= 0.3 is 0 Å². The van der Waals surface area contributed by atoms with Gasteiger partial charge in [-0.1, -0.05) is 0 Å². The molecule has 1 aliphatic heterocycles. The van der Waals surface area contributed by atoms with E-state index in [0.29, 0.717) is 6.04 Å². The predicted molar refractivity (Wildman–Crippen MR) is 91.5 cm³/mol. The van der Waals surface area contributed by atoms with Crippen molar-refractivity contribution < 1.29 is 4.79 Å². The zero-order valence-electron chi connectivity index (χ0n) is 14.7. The predicted octanol–water partition coefficient (Wildman–Crippen LogP) is 1.15. The molecule has 0 aromatic carbocycles. The number of amides is 1. The van der Waals surface area contributed by atoms with Crippen LogP contribution in [0.4, 0.5) is 5.82 Å². The number of piperidine rings is 1. The second-order valence-electron chi connectivity index (χ2n) is 7.35. The molecule has 2 fully saturated rings. The number of carbonyl (C=O) groups is 1. The lowest BCUT2D eigenvalue weighted by Gasteiger charge is -2.40. The Bertz CT molecular complexity index is 561. The van der Waals surface area contributed by atoms with Gasteiger partial charge in [0, 0.05) is 44.2 Å². The highest BCUT2D eigenvalue weighted by Crippen LogP contribution is 2.31. The summed E-state index contributed by atoms with van der Waals surface area (Å²) in [6.45, 7) is 3.94. The number of carbonyl (C=O) groups excluding carboxylic acids is 1. The van der Waals surface area contributed by atoms with Crippen LogP contribution < -0.4 is 10.2 Å². The van der Waals surface area contributed by atoms with Gasteiger partial charge in [-0.15, -0.1) is 0 Å². The van der Waals surface area contributed by atoms with Crippen LogP contribution in [-0.4, -0.2) is 59.9 Å². The average Bonchev–Trinajstić information content (AvgIpc) is 2.76. The number of aromatic nitrogens is 2. The van der Waals surface area contributed by atoms with Crippen molar-refractivity contribution in [1.82, 2.24) is 20.0 Å². The van der Waals surface area contributed by atoms with Crippen LogP contribution >= 0.6 is 0 Å². The van der Waals surface area contributed by atoms with Crippen LogP contribution in [-0.2, 0) is 11.8 Å². The second kappa shape index (κ2) is 6.51. The summed E-state index contributed by atoms with van der Waals surface area (Å²) in [7, 11) is 6.17. The Morgan fingerprint density at radius 3 is 2.74 bits per heavy atom. The van der Waals surface area contributed by atoms with Gasteiger partial charge in [0.15, 0.2) is 0 Å². The van der Waals surface area contributed by atoms with Crippen LogP contribution in [0.25, 0.3) is 0 Å². The van der Waals surface area contributed by atoms with Gasteiger partial charge in [-0.3, -0.25) is 9.48 Å². The van der Waals surface area contributed by atoms with Gasteiger partial charge in [-0.25, -0.2) is 0 Å². The summed E-state index contributed by atoms with van der Waals surface area (Å²) in [5.74, 6) is 1.60. The van der Waals surface area contributed by atoms with E-state index in [1.165, 1.54) is 0 Å². The molecule has 1 saturated heterocycles. The molecule has 1 aromatic rings. The molecule has 6 heteroatoms. The van der Waals surface area contributed by atoms with E-state index in [9.17, 15) is 4.79 Å². The van der Waals surface area contributed by atoms with Crippen molar-refractivity contribution in [2.24, 2.45) is 13.0 Å². The number of hydrogen-bond donors (Lipinski definition) is 1. The monoisotopic (exact) mass is 319 g/mol. The first-order chi connectivity index (χ1) is 10.9. The smallest absolute Gasteiger partial charge is 0.223 e. The fourth-order valence-electron chi connectivity index (χ4n) is 3.74. The van der Waals surface area contributed by atoms with E-state index in [1.807, 2.05) is 18.7 Å². The SMILES string of the molecule is Cc1cc(N2CCCC(NC(=O)C3CC(N(C)C)C3)C2)n(C)n1. The highest BCUT2D eigenvalue weighted by atomic mass is 16.2. The Hall–Kier alpha value is -1.56. The van der Waals surface area contributed by atoms with Gasteiger partial charge in [0.25, 0.3) is 0 Å². The largest absolute Gasteiger partial charge is 0.355 e. The standard InChI is InChI=1S/C17H29N5O/c1-12-8-16(21(4)19-12)22-7-5-6-14(11-22)18-17(23)13-9-15(10-13)20(2)3/h8,13-15H,5-7,9-11H2,1-4H3,(H,18,23). The maximum absolute atomic E-state index is 12.4. The van der Waals surface area contributed by atoms with Gasteiger partial charge in [0.2, 0.25) is 5.91 Å². The van der Waals surface area contributed by atoms with Crippen molar-refractivity contribution in [2.75, 3.05) is 32.1 Å². The van der Waals surface area contributed by atoms with Crippen molar-refractivity contribution in [3.8, 4) is 0 Å². The third-order valence-electron chi connectivity index (χ3n) is 5.28. The average molecular weight is 319 g/mol. The van der Waals surface area contributed by atoms with E-state index in [2.05, 4.69) is 40.4 Å². The second-order valence-corrected chi connectivity index (χ2v) is 7.35. The molecule has 0 radical (unpaired) electrons. The molecule has 1 aliphatic carbocycles. The minimum absolute atomic E-state index is 0.205. The molecule has 128 valence electrons. The van der Waals surface area contributed by atoms with Gasteiger partial charge in [0.1, 0.15) is 5.82 Å². The third kappa shape index (κ3) is 3.52. The van der Waals surface area contributed by atoms with Gasteiger partial charge in [-0.05, 0) is 46.7 Å². The lowest BCUT2D eigenvalue weighted by atomic mass is 9.79. The molecule has 1 atom stereocenters. The zero-order chi connectivity index (χ0) is 16.6. The number of nitrogens with one attached hydrogen (secondary N) is 1. The third-order valence-corrected chi connectivity index (χ3v) is 5.28. The number of rotatable bonds is 4. The van der Waals surface area contributed by atoms with Crippen molar-refractivity contribution in [3.05, 3.63) is 11.8 Å². The summed E-state index contributed by atoms with van der Waals surface area (Å²) >= 11 is 0. The molecule has 1 unspecified atom stereocenters. The minimum Gasteiger partial charge on any atom is -0.355 e. The van der Waals surface area contributed by atoms with Gasteiger partial charge < -0.3 is 15.1 Å². The van der Waals surface area contributed by atoms with Crippen LogP contribution in [0.1, 0.15) is 31.4 Å². The molecular weight excluding hydrogens is 290 g/mol. The Kier molecular flexibility index (Phi) is 4.62. The molecular formula is C17H29N5O. The summed E-state index contributed by atoms with van der Waals surface area (Å²) in [4.78, 5) is 17.0. The summed E-state index contributed by atoms with van der Waals surface area (Å²) in [5.41, 5.74) is 1.04. The van der Waals surface area contributed by atoms with Crippen LogP contribution in [0.3, 0.4) is 0 Å². The summed E-state index contributed by atoms with van der Waals surface area (Å²) in [6, 6.07) is 2.95. The number of aryl methyl sites for hydroxylation is 2. The highest BCUT2D eigenvalue weighted by Gasteiger charge is 2.36. The van der Waals surface area contributed by atoms with Crippen molar-refractivity contribution in [3.63, 3.8) is 0 Å². The Balaban J connectivity index is 1.53.